The molecule has 1 saturated heterocycles. The van der Waals surface area contributed by atoms with Gasteiger partial charge in [0.2, 0.25) is 5.91 Å². The Morgan fingerprint density at radius 3 is 2.35 bits per heavy atom. The molecule has 1 rings (SSSR count). The van der Waals surface area contributed by atoms with Gasteiger partial charge in [0.1, 0.15) is 6.54 Å². The van der Waals surface area contributed by atoms with E-state index in [2.05, 4.69) is 4.90 Å². The number of nitrogens with zero attached hydrogens (tertiary/aromatic N) is 2. The van der Waals surface area contributed by atoms with Crippen molar-refractivity contribution in [1.29, 1.82) is 0 Å². The summed E-state index contributed by atoms with van der Waals surface area (Å²) in [4.78, 5) is 15.3. The summed E-state index contributed by atoms with van der Waals surface area (Å²) in [6.07, 6.45) is -3.52. The summed E-state index contributed by atoms with van der Waals surface area (Å²) in [7, 11) is 0. The van der Waals surface area contributed by atoms with Crippen LogP contribution in [0, 0.1) is 0 Å². The minimum absolute atomic E-state index is 0.0141. The molecule has 8 heteroatoms. The molecule has 1 aliphatic rings. The molecular formula is C12H22F3N3O2. The van der Waals surface area contributed by atoms with Gasteiger partial charge in [0, 0.05) is 32.2 Å². The maximum absolute atomic E-state index is 12.0. The molecule has 0 aromatic heterocycles. The van der Waals surface area contributed by atoms with Gasteiger partial charge in [0.25, 0.3) is 0 Å². The maximum atomic E-state index is 12.0. The van der Waals surface area contributed by atoms with E-state index in [4.69, 9.17) is 0 Å². The number of aliphatic hydroxyl groups excluding tert-OH is 1. The Morgan fingerprint density at radius 1 is 1.30 bits per heavy atom. The SMILES string of the molecule is CCC(CO)N1CCN(CC(=O)NCC(F)(F)F)CC1. The number of aliphatic hydroxyl groups is 1. The zero-order valence-electron chi connectivity index (χ0n) is 11.6. The van der Waals surface area contributed by atoms with Gasteiger partial charge in [-0.3, -0.25) is 14.6 Å². The van der Waals surface area contributed by atoms with Crippen LogP contribution in [0.3, 0.4) is 0 Å². The predicted molar refractivity (Wildman–Crippen MR) is 68.2 cm³/mol. The number of amides is 1. The van der Waals surface area contributed by atoms with Gasteiger partial charge in [0.05, 0.1) is 13.2 Å². The Kier molecular flexibility index (Phi) is 6.70. The molecule has 0 aromatic rings. The normalized spacial score (nSPS) is 19.9. The van der Waals surface area contributed by atoms with Crippen LogP contribution in [0.5, 0.6) is 0 Å². The van der Waals surface area contributed by atoms with Crippen LogP contribution in [0.4, 0.5) is 13.2 Å². The Bertz CT molecular complexity index is 301. The van der Waals surface area contributed by atoms with Crippen LogP contribution in [-0.4, -0.2) is 78.9 Å². The van der Waals surface area contributed by atoms with Crippen molar-refractivity contribution in [3.05, 3.63) is 0 Å². The van der Waals surface area contributed by atoms with Crippen molar-refractivity contribution >= 4 is 5.91 Å². The zero-order valence-corrected chi connectivity index (χ0v) is 11.6. The smallest absolute Gasteiger partial charge is 0.395 e. The highest BCUT2D eigenvalue weighted by atomic mass is 19.4. The number of alkyl halides is 3. The lowest BCUT2D eigenvalue weighted by atomic mass is 10.1. The molecule has 1 fully saturated rings. The summed E-state index contributed by atoms with van der Waals surface area (Å²) in [6, 6.07) is 0.121. The first-order valence-corrected chi connectivity index (χ1v) is 6.76. The number of piperazine rings is 1. The van der Waals surface area contributed by atoms with Gasteiger partial charge in [-0.05, 0) is 6.42 Å². The average molecular weight is 297 g/mol. The van der Waals surface area contributed by atoms with Gasteiger partial charge in [-0.1, -0.05) is 6.92 Å². The molecule has 1 aliphatic heterocycles. The van der Waals surface area contributed by atoms with Gasteiger partial charge in [-0.2, -0.15) is 13.2 Å². The molecule has 1 atom stereocenters. The van der Waals surface area contributed by atoms with Gasteiger partial charge < -0.3 is 10.4 Å². The quantitative estimate of drug-likeness (QED) is 0.727. The van der Waals surface area contributed by atoms with Crippen molar-refractivity contribution in [3.63, 3.8) is 0 Å². The molecule has 0 spiro atoms. The third-order valence-corrected chi connectivity index (χ3v) is 3.46. The number of halogens is 3. The highest BCUT2D eigenvalue weighted by molar-refractivity contribution is 5.78. The van der Waals surface area contributed by atoms with Crippen molar-refractivity contribution in [2.45, 2.75) is 25.6 Å². The van der Waals surface area contributed by atoms with Crippen molar-refractivity contribution in [3.8, 4) is 0 Å². The fourth-order valence-electron chi connectivity index (χ4n) is 2.25. The third kappa shape index (κ3) is 6.06. The van der Waals surface area contributed by atoms with E-state index in [1.165, 1.54) is 0 Å². The largest absolute Gasteiger partial charge is 0.405 e. The van der Waals surface area contributed by atoms with E-state index >= 15 is 0 Å². The van der Waals surface area contributed by atoms with Crippen molar-refractivity contribution in [2.75, 3.05) is 45.9 Å². The van der Waals surface area contributed by atoms with Crippen molar-refractivity contribution < 1.29 is 23.1 Å². The summed E-state index contributed by atoms with van der Waals surface area (Å²) >= 11 is 0. The van der Waals surface area contributed by atoms with E-state index in [0.717, 1.165) is 6.42 Å². The second kappa shape index (κ2) is 7.80. The molecule has 1 heterocycles. The monoisotopic (exact) mass is 297 g/mol. The van der Waals surface area contributed by atoms with Crippen LogP contribution in [0.2, 0.25) is 0 Å². The average Bonchev–Trinajstić information content (AvgIpc) is 2.39. The Balaban J connectivity index is 2.27. The van der Waals surface area contributed by atoms with Gasteiger partial charge >= 0.3 is 6.18 Å². The molecule has 0 aromatic carbocycles. The number of hydrogen-bond acceptors (Lipinski definition) is 4. The Labute approximate surface area is 116 Å². The summed E-state index contributed by atoms with van der Waals surface area (Å²) < 4.78 is 35.9. The lowest BCUT2D eigenvalue weighted by molar-refractivity contribution is -0.139. The van der Waals surface area contributed by atoms with Crippen LogP contribution < -0.4 is 5.32 Å². The van der Waals surface area contributed by atoms with Crippen LogP contribution in [0.15, 0.2) is 0 Å². The second-order valence-corrected chi connectivity index (χ2v) is 4.95. The lowest BCUT2D eigenvalue weighted by Crippen LogP contribution is -2.53. The molecule has 1 unspecified atom stereocenters. The van der Waals surface area contributed by atoms with Crippen LogP contribution >= 0.6 is 0 Å². The summed E-state index contributed by atoms with van der Waals surface area (Å²) in [5.74, 6) is -0.607. The van der Waals surface area contributed by atoms with Crippen LogP contribution in [0.25, 0.3) is 0 Å². The van der Waals surface area contributed by atoms with Gasteiger partial charge in [-0.25, -0.2) is 0 Å². The van der Waals surface area contributed by atoms with Crippen LogP contribution in [0.1, 0.15) is 13.3 Å². The standard InChI is InChI=1S/C12H22F3N3O2/c1-2-10(8-19)18-5-3-17(4-6-18)7-11(20)16-9-12(13,14)15/h10,19H,2-9H2,1H3,(H,16,20). The minimum atomic E-state index is -4.37. The number of nitrogens with one attached hydrogen (secondary N) is 1. The van der Waals surface area contributed by atoms with Crippen molar-refractivity contribution in [1.82, 2.24) is 15.1 Å². The Hall–Kier alpha value is -0.860. The fraction of sp³-hybridized carbons (Fsp3) is 0.917. The highest BCUT2D eigenvalue weighted by Crippen LogP contribution is 2.12. The zero-order chi connectivity index (χ0) is 15.2. The van der Waals surface area contributed by atoms with E-state index in [-0.39, 0.29) is 19.2 Å². The summed E-state index contributed by atoms with van der Waals surface area (Å²) in [6.45, 7) is 3.47. The molecule has 20 heavy (non-hydrogen) atoms. The molecule has 2 N–H and O–H groups in total. The molecule has 1 amide bonds. The first kappa shape index (κ1) is 17.2. The van der Waals surface area contributed by atoms with E-state index in [1.807, 2.05) is 17.1 Å². The van der Waals surface area contributed by atoms with Gasteiger partial charge in [0.15, 0.2) is 0 Å². The highest BCUT2D eigenvalue weighted by Gasteiger charge is 2.28. The number of carbonyl (C=O) groups excluding carboxylic acids is 1. The lowest BCUT2D eigenvalue weighted by Gasteiger charge is -2.38. The molecule has 5 nitrogen and oxygen atoms in total. The first-order valence-electron chi connectivity index (χ1n) is 6.76. The number of hydrogen-bond donors (Lipinski definition) is 2. The van der Waals surface area contributed by atoms with E-state index in [0.29, 0.717) is 26.2 Å². The fourth-order valence-corrected chi connectivity index (χ4v) is 2.25. The van der Waals surface area contributed by atoms with Crippen LogP contribution in [-0.2, 0) is 4.79 Å². The Morgan fingerprint density at radius 2 is 1.90 bits per heavy atom. The van der Waals surface area contributed by atoms with E-state index in [9.17, 15) is 23.1 Å². The molecule has 0 saturated carbocycles. The molecule has 118 valence electrons. The van der Waals surface area contributed by atoms with E-state index < -0.39 is 18.6 Å². The summed E-state index contributed by atoms with van der Waals surface area (Å²) in [5, 5.41) is 11.1. The summed E-state index contributed by atoms with van der Waals surface area (Å²) in [5.41, 5.74) is 0. The topological polar surface area (TPSA) is 55.8 Å². The third-order valence-electron chi connectivity index (χ3n) is 3.46. The predicted octanol–water partition coefficient (Wildman–Crippen LogP) is 0.0534. The minimum Gasteiger partial charge on any atom is -0.395 e. The van der Waals surface area contributed by atoms with Crippen molar-refractivity contribution in [2.24, 2.45) is 0 Å². The molecular weight excluding hydrogens is 275 g/mol. The second-order valence-electron chi connectivity index (χ2n) is 4.95. The van der Waals surface area contributed by atoms with Gasteiger partial charge in [-0.15, -0.1) is 0 Å². The number of rotatable bonds is 6. The van der Waals surface area contributed by atoms with E-state index in [1.54, 1.807) is 0 Å². The first-order chi connectivity index (χ1) is 9.35. The maximum Gasteiger partial charge on any atom is 0.405 e. The molecule has 0 bridgehead atoms. The molecule has 0 aliphatic carbocycles. The molecule has 0 radical (unpaired) electrons. The number of carbonyl (C=O) groups is 1.